The molecule has 0 amide bonds. The normalized spacial score (nSPS) is 30.9. The highest BCUT2D eigenvalue weighted by atomic mass is 32.2. The third kappa shape index (κ3) is 3.15. The predicted octanol–water partition coefficient (Wildman–Crippen LogP) is 3.12. The molecule has 2 aliphatic rings. The fraction of sp³-hybridized carbons (Fsp3) is 0.625. The van der Waals surface area contributed by atoms with E-state index in [0.717, 1.165) is 24.5 Å². The Balaban J connectivity index is 1.61. The summed E-state index contributed by atoms with van der Waals surface area (Å²) >= 11 is 2.01. The third-order valence-electron chi connectivity index (χ3n) is 4.47. The smallest absolute Gasteiger partial charge is 0.0580 e. The predicted molar refractivity (Wildman–Crippen MR) is 81.3 cm³/mol. The van der Waals surface area contributed by atoms with Crippen LogP contribution in [0.2, 0.25) is 0 Å². The monoisotopic (exact) mass is 277 g/mol. The molecule has 0 aromatic heterocycles. The Morgan fingerprint density at radius 3 is 2.95 bits per heavy atom. The zero-order valence-electron chi connectivity index (χ0n) is 11.3. The van der Waals surface area contributed by atoms with Crippen LogP contribution < -0.4 is 5.32 Å². The molecular formula is C16H23NOS. The minimum Gasteiger partial charge on any atom is -0.393 e. The largest absolute Gasteiger partial charge is 0.393 e. The van der Waals surface area contributed by atoms with Gasteiger partial charge in [-0.1, -0.05) is 37.1 Å². The fourth-order valence-electron chi connectivity index (χ4n) is 3.27. The lowest BCUT2D eigenvalue weighted by Gasteiger charge is -2.31. The molecule has 0 bridgehead atoms. The summed E-state index contributed by atoms with van der Waals surface area (Å²) in [5.74, 6) is 2.74. The number of hydrogen-bond donors (Lipinski definition) is 2. The van der Waals surface area contributed by atoms with E-state index in [4.69, 9.17) is 0 Å². The van der Waals surface area contributed by atoms with Gasteiger partial charge in [0.25, 0.3) is 0 Å². The van der Waals surface area contributed by atoms with Crippen molar-refractivity contribution in [3.05, 3.63) is 35.4 Å². The number of aliphatic hydroxyl groups excluding tert-OH is 1. The van der Waals surface area contributed by atoms with Gasteiger partial charge in [-0.05, 0) is 29.9 Å². The van der Waals surface area contributed by atoms with Crippen LogP contribution in [0.25, 0.3) is 0 Å². The number of thioether (sulfide) groups is 1. The molecule has 1 aromatic carbocycles. The van der Waals surface area contributed by atoms with Gasteiger partial charge in [0.2, 0.25) is 0 Å². The van der Waals surface area contributed by atoms with Gasteiger partial charge in [-0.2, -0.15) is 11.8 Å². The summed E-state index contributed by atoms with van der Waals surface area (Å²) in [6.45, 7) is 0.959. The Labute approximate surface area is 120 Å². The van der Waals surface area contributed by atoms with E-state index in [1.807, 2.05) is 11.8 Å². The van der Waals surface area contributed by atoms with Crippen LogP contribution in [-0.2, 0) is 5.75 Å². The SMILES string of the molecule is OC1CCCCC1CNC1CSCc2ccccc21. The summed E-state index contributed by atoms with van der Waals surface area (Å²) in [6.07, 6.45) is 4.55. The first-order valence-corrected chi connectivity index (χ1v) is 8.57. The van der Waals surface area contributed by atoms with Crippen LogP contribution >= 0.6 is 11.8 Å². The fourth-order valence-corrected chi connectivity index (χ4v) is 4.40. The van der Waals surface area contributed by atoms with Crippen LogP contribution in [0.3, 0.4) is 0 Å². The van der Waals surface area contributed by atoms with Crippen molar-refractivity contribution < 1.29 is 5.11 Å². The maximum atomic E-state index is 10.0. The molecule has 1 aliphatic heterocycles. The Morgan fingerprint density at radius 2 is 2.05 bits per heavy atom. The number of aliphatic hydroxyl groups is 1. The molecule has 0 radical (unpaired) electrons. The standard InChI is InChI=1S/C16H23NOS/c18-16-8-4-2-5-12(16)9-17-15-11-19-10-13-6-1-3-7-14(13)15/h1,3,6-7,12,15-18H,2,4-5,8-11H2. The maximum absolute atomic E-state index is 10.0. The zero-order chi connectivity index (χ0) is 13.1. The van der Waals surface area contributed by atoms with Crippen LogP contribution in [0.15, 0.2) is 24.3 Å². The maximum Gasteiger partial charge on any atom is 0.0580 e. The molecule has 0 saturated heterocycles. The molecule has 19 heavy (non-hydrogen) atoms. The third-order valence-corrected chi connectivity index (χ3v) is 5.55. The van der Waals surface area contributed by atoms with Crippen LogP contribution in [-0.4, -0.2) is 23.5 Å². The zero-order valence-corrected chi connectivity index (χ0v) is 12.2. The highest BCUT2D eigenvalue weighted by molar-refractivity contribution is 7.98. The molecule has 3 rings (SSSR count). The van der Waals surface area contributed by atoms with Crippen LogP contribution in [0.4, 0.5) is 0 Å². The minimum atomic E-state index is -0.0901. The molecule has 104 valence electrons. The van der Waals surface area contributed by atoms with Gasteiger partial charge in [0, 0.05) is 24.1 Å². The van der Waals surface area contributed by atoms with E-state index >= 15 is 0 Å². The second-order valence-corrected chi connectivity index (χ2v) is 6.82. The van der Waals surface area contributed by atoms with Crippen molar-refractivity contribution in [1.82, 2.24) is 5.32 Å². The van der Waals surface area contributed by atoms with E-state index in [1.165, 1.54) is 30.4 Å². The molecule has 3 unspecified atom stereocenters. The highest BCUT2D eigenvalue weighted by Crippen LogP contribution is 2.32. The Kier molecular flexibility index (Phi) is 4.46. The van der Waals surface area contributed by atoms with E-state index in [-0.39, 0.29) is 6.10 Å². The molecule has 2 N–H and O–H groups in total. The van der Waals surface area contributed by atoms with Gasteiger partial charge >= 0.3 is 0 Å². The summed E-state index contributed by atoms with van der Waals surface area (Å²) in [7, 11) is 0. The Hall–Kier alpha value is -0.510. The first-order chi connectivity index (χ1) is 9.34. The van der Waals surface area contributed by atoms with E-state index in [9.17, 15) is 5.11 Å². The molecule has 3 atom stereocenters. The number of rotatable bonds is 3. The lowest BCUT2D eigenvalue weighted by Crippen LogP contribution is -2.37. The van der Waals surface area contributed by atoms with E-state index in [1.54, 1.807) is 0 Å². The topological polar surface area (TPSA) is 32.3 Å². The van der Waals surface area contributed by atoms with Crippen molar-refractivity contribution in [3.8, 4) is 0 Å². The van der Waals surface area contributed by atoms with Gasteiger partial charge in [-0.3, -0.25) is 0 Å². The van der Waals surface area contributed by atoms with E-state index in [2.05, 4.69) is 29.6 Å². The van der Waals surface area contributed by atoms with E-state index < -0.39 is 0 Å². The molecule has 1 aromatic rings. The molecule has 1 fully saturated rings. The summed E-state index contributed by atoms with van der Waals surface area (Å²) in [5.41, 5.74) is 2.94. The first kappa shape index (κ1) is 13.5. The van der Waals surface area contributed by atoms with Crippen LogP contribution in [0, 0.1) is 5.92 Å². The van der Waals surface area contributed by atoms with Crippen molar-refractivity contribution in [2.45, 2.75) is 43.6 Å². The van der Waals surface area contributed by atoms with E-state index in [0.29, 0.717) is 12.0 Å². The van der Waals surface area contributed by atoms with Gasteiger partial charge in [-0.15, -0.1) is 0 Å². The Morgan fingerprint density at radius 1 is 1.21 bits per heavy atom. The van der Waals surface area contributed by atoms with Gasteiger partial charge < -0.3 is 10.4 Å². The number of fused-ring (bicyclic) bond motifs is 1. The molecule has 3 heteroatoms. The molecular weight excluding hydrogens is 254 g/mol. The Bertz CT molecular complexity index is 423. The molecule has 0 spiro atoms. The quantitative estimate of drug-likeness (QED) is 0.890. The summed E-state index contributed by atoms with van der Waals surface area (Å²) < 4.78 is 0. The average Bonchev–Trinajstić information content (AvgIpc) is 2.46. The van der Waals surface area contributed by atoms with Crippen molar-refractivity contribution in [2.75, 3.05) is 12.3 Å². The van der Waals surface area contributed by atoms with Crippen LogP contribution in [0.5, 0.6) is 0 Å². The van der Waals surface area contributed by atoms with Gasteiger partial charge in [0.15, 0.2) is 0 Å². The summed E-state index contributed by atoms with van der Waals surface area (Å²) in [6, 6.07) is 9.23. The lowest BCUT2D eigenvalue weighted by molar-refractivity contribution is 0.0684. The molecule has 2 nitrogen and oxygen atoms in total. The van der Waals surface area contributed by atoms with Crippen molar-refractivity contribution >= 4 is 11.8 Å². The summed E-state index contributed by atoms with van der Waals surface area (Å²) in [5, 5.41) is 13.7. The van der Waals surface area contributed by atoms with Gasteiger partial charge in [-0.25, -0.2) is 0 Å². The minimum absolute atomic E-state index is 0.0901. The van der Waals surface area contributed by atoms with Crippen molar-refractivity contribution in [1.29, 1.82) is 0 Å². The van der Waals surface area contributed by atoms with Gasteiger partial charge in [0.05, 0.1) is 6.10 Å². The molecule has 1 heterocycles. The number of nitrogens with one attached hydrogen (secondary N) is 1. The first-order valence-electron chi connectivity index (χ1n) is 7.41. The second kappa shape index (κ2) is 6.29. The van der Waals surface area contributed by atoms with Crippen molar-refractivity contribution in [2.24, 2.45) is 5.92 Å². The van der Waals surface area contributed by atoms with Gasteiger partial charge in [0.1, 0.15) is 0 Å². The molecule has 1 aliphatic carbocycles. The number of benzene rings is 1. The second-order valence-electron chi connectivity index (χ2n) is 5.79. The molecule has 1 saturated carbocycles. The average molecular weight is 277 g/mol. The van der Waals surface area contributed by atoms with Crippen molar-refractivity contribution in [3.63, 3.8) is 0 Å². The lowest BCUT2D eigenvalue weighted by atomic mass is 9.86. The summed E-state index contributed by atoms with van der Waals surface area (Å²) in [4.78, 5) is 0. The highest BCUT2D eigenvalue weighted by Gasteiger charge is 2.25. The van der Waals surface area contributed by atoms with Crippen LogP contribution in [0.1, 0.15) is 42.9 Å². The number of hydrogen-bond acceptors (Lipinski definition) is 3.